The van der Waals surface area contributed by atoms with Crippen LogP contribution >= 0.6 is 0 Å². The molecule has 0 unspecified atom stereocenters. The molecule has 7 nitrogen and oxygen atoms in total. The summed E-state index contributed by atoms with van der Waals surface area (Å²) in [7, 11) is 4.08. The molecule has 7 heteroatoms. The lowest BCUT2D eigenvalue weighted by atomic mass is 9.86. The van der Waals surface area contributed by atoms with Gasteiger partial charge < -0.3 is 14.8 Å². The number of rotatable bonds is 4. The number of amides is 1. The van der Waals surface area contributed by atoms with Crippen LogP contribution in [0.25, 0.3) is 44.6 Å². The lowest BCUT2D eigenvalue weighted by molar-refractivity contribution is -0.122. The second kappa shape index (κ2) is 7.43. The van der Waals surface area contributed by atoms with Crippen molar-refractivity contribution >= 4 is 39.2 Å². The number of anilines is 2. The van der Waals surface area contributed by atoms with Crippen molar-refractivity contribution in [3.63, 3.8) is 0 Å². The monoisotopic (exact) mass is 464 g/mol. The van der Waals surface area contributed by atoms with Gasteiger partial charge in [0.25, 0.3) is 0 Å². The molecule has 0 radical (unpaired) electrons. The smallest absolute Gasteiger partial charge is 0.237 e. The number of nitrogens with one attached hydrogen (secondary N) is 2. The molecule has 0 atom stereocenters. The van der Waals surface area contributed by atoms with Crippen molar-refractivity contribution in [2.45, 2.75) is 26.2 Å². The summed E-state index contributed by atoms with van der Waals surface area (Å²) >= 11 is 0. The maximum absolute atomic E-state index is 12.9. The Morgan fingerprint density at radius 2 is 1.71 bits per heavy atom. The fraction of sp³-hybridized carbons (Fsp3) is 0.250. The van der Waals surface area contributed by atoms with E-state index in [1.165, 1.54) is 5.69 Å². The number of carbonyl (C=O) groups is 1. The number of benzene rings is 3. The zero-order valence-corrected chi connectivity index (χ0v) is 20.6. The number of hydrogen-bond acceptors (Lipinski definition) is 4. The average Bonchev–Trinajstić information content (AvgIpc) is 3.51. The zero-order valence-electron chi connectivity index (χ0n) is 20.6. The highest BCUT2D eigenvalue weighted by atomic mass is 16.2. The van der Waals surface area contributed by atoms with Crippen LogP contribution in [0.5, 0.6) is 0 Å². The molecule has 0 fully saturated rings. The normalized spacial score (nSPS) is 14.8. The van der Waals surface area contributed by atoms with Gasteiger partial charge in [-0.2, -0.15) is 5.10 Å². The lowest BCUT2D eigenvalue weighted by Crippen LogP contribution is -2.35. The number of aromatic amines is 2. The first-order valence-electron chi connectivity index (χ1n) is 11.9. The number of fused-ring (bicyclic) bond motifs is 3. The molecule has 0 aliphatic carbocycles. The molecule has 1 amide bonds. The van der Waals surface area contributed by atoms with E-state index in [4.69, 9.17) is 4.98 Å². The standard InChI is InChI=1S/C28H28N6O/c1-6-34-24-15-23-22(14-20(24)28(2,3)27(34)35)29-26(30-23)25-19-13-17(9-12-21(19)31-32-25)16-7-10-18(11-8-16)33(4)5/h7-15H,6H2,1-5H3,(H,29,30)(H,31,32). The predicted octanol–water partition coefficient (Wildman–Crippen LogP) is 5.48. The van der Waals surface area contributed by atoms with Crippen molar-refractivity contribution in [3.05, 3.63) is 60.2 Å². The summed E-state index contributed by atoms with van der Waals surface area (Å²) in [5.74, 6) is 0.842. The molecule has 2 aromatic heterocycles. The van der Waals surface area contributed by atoms with Gasteiger partial charge in [-0.3, -0.25) is 9.89 Å². The van der Waals surface area contributed by atoms with Crippen molar-refractivity contribution < 1.29 is 4.79 Å². The fourth-order valence-corrected chi connectivity index (χ4v) is 5.08. The summed E-state index contributed by atoms with van der Waals surface area (Å²) < 4.78 is 0. The third-order valence-electron chi connectivity index (χ3n) is 7.16. The Bertz CT molecular complexity index is 1610. The van der Waals surface area contributed by atoms with Crippen LogP contribution in [0.15, 0.2) is 54.6 Å². The van der Waals surface area contributed by atoms with Gasteiger partial charge in [-0.05, 0) is 73.9 Å². The van der Waals surface area contributed by atoms with Crippen molar-refractivity contribution in [2.24, 2.45) is 0 Å². The van der Waals surface area contributed by atoms with E-state index >= 15 is 0 Å². The quantitative estimate of drug-likeness (QED) is 0.369. The molecule has 176 valence electrons. The third-order valence-corrected chi connectivity index (χ3v) is 7.16. The van der Waals surface area contributed by atoms with Crippen LogP contribution in [-0.2, 0) is 10.2 Å². The Hall–Kier alpha value is -4.13. The van der Waals surface area contributed by atoms with Gasteiger partial charge in [0.2, 0.25) is 5.91 Å². The molecule has 3 aromatic carbocycles. The summed E-state index contributed by atoms with van der Waals surface area (Å²) in [6, 6.07) is 19.0. The maximum Gasteiger partial charge on any atom is 0.237 e. The van der Waals surface area contributed by atoms with Gasteiger partial charge in [-0.15, -0.1) is 0 Å². The van der Waals surface area contributed by atoms with Crippen LogP contribution in [0, 0.1) is 0 Å². The number of H-pyrrole nitrogens is 2. The van der Waals surface area contributed by atoms with Crippen LogP contribution in [0.1, 0.15) is 26.3 Å². The minimum absolute atomic E-state index is 0.132. The Kier molecular flexibility index (Phi) is 4.55. The molecular formula is C28H28N6O. The average molecular weight is 465 g/mol. The number of likely N-dealkylation sites (N-methyl/N-ethyl adjacent to an activating group) is 1. The largest absolute Gasteiger partial charge is 0.378 e. The van der Waals surface area contributed by atoms with Gasteiger partial charge in [-0.25, -0.2) is 4.98 Å². The van der Waals surface area contributed by atoms with Crippen LogP contribution < -0.4 is 9.80 Å². The van der Waals surface area contributed by atoms with Gasteiger partial charge in [0.1, 0.15) is 5.69 Å². The van der Waals surface area contributed by atoms with E-state index in [0.29, 0.717) is 12.4 Å². The molecule has 6 rings (SSSR count). The second-order valence-corrected chi connectivity index (χ2v) is 9.92. The molecule has 3 heterocycles. The number of hydrogen-bond donors (Lipinski definition) is 2. The molecular weight excluding hydrogens is 436 g/mol. The molecule has 1 aliphatic heterocycles. The van der Waals surface area contributed by atoms with E-state index in [9.17, 15) is 4.79 Å². The van der Waals surface area contributed by atoms with E-state index in [0.717, 1.165) is 50.0 Å². The Balaban J connectivity index is 1.44. The molecule has 0 spiro atoms. The summed E-state index contributed by atoms with van der Waals surface area (Å²) in [5.41, 5.74) is 8.34. The van der Waals surface area contributed by atoms with Gasteiger partial charge in [0.15, 0.2) is 5.82 Å². The minimum Gasteiger partial charge on any atom is -0.378 e. The molecule has 0 saturated heterocycles. The minimum atomic E-state index is -0.555. The first kappa shape index (κ1) is 21.4. The first-order chi connectivity index (χ1) is 16.8. The molecule has 0 bridgehead atoms. The van der Waals surface area contributed by atoms with E-state index in [2.05, 4.69) is 68.6 Å². The number of aromatic nitrogens is 4. The highest BCUT2D eigenvalue weighted by Crippen LogP contribution is 2.43. The van der Waals surface area contributed by atoms with Gasteiger partial charge in [0, 0.05) is 31.7 Å². The van der Waals surface area contributed by atoms with Crippen LogP contribution in [-0.4, -0.2) is 46.7 Å². The summed E-state index contributed by atoms with van der Waals surface area (Å²) in [6.07, 6.45) is 0. The molecule has 1 aliphatic rings. The van der Waals surface area contributed by atoms with Crippen molar-refractivity contribution in [2.75, 3.05) is 30.4 Å². The third kappa shape index (κ3) is 3.15. The fourth-order valence-electron chi connectivity index (χ4n) is 5.08. The van der Waals surface area contributed by atoms with Gasteiger partial charge >= 0.3 is 0 Å². The number of carbonyl (C=O) groups excluding carboxylic acids is 1. The van der Waals surface area contributed by atoms with Crippen molar-refractivity contribution in [3.8, 4) is 22.6 Å². The zero-order chi connectivity index (χ0) is 24.5. The van der Waals surface area contributed by atoms with E-state index < -0.39 is 5.41 Å². The van der Waals surface area contributed by atoms with Crippen LogP contribution in [0.2, 0.25) is 0 Å². The second-order valence-electron chi connectivity index (χ2n) is 9.92. The van der Waals surface area contributed by atoms with Crippen LogP contribution in [0.3, 0.4) is 0 Å². The Morgan fingerprint density at radius 1 is 0.971 bits per heavy atom. The Morgan fingerprint density at radius 3 is 2.43 bits per heavy atom. The predicted molar refractivity (Wildman–Crippen MR) is 142 cm³/mol. The highest BCUT2D eigenvalue weighted by Gasteiger charge is 2.43. The molecule has 5 aromatic rings. The van der Waals surface area contributed by atoms with Crippen molar-refractivity contribution in [1.82, 2.24) is 20.2 Å². The molecule has 0 saturated carbocycles. The number of nitrogens with zero attached hydrogens (tertiary/aromatic N) is 4. The van der Waals surface area contributed by atoms with Crippen molar-refractivity contribution in [1.29, 1.82) is 0 Å². The van der Waals surface area contributed by atoms with Gasteiger partial charge in [-0.1, -0.05) is 18.2 Å². The summed E-state index contributed by atoms with van der Waals surface area (Å²) in [4.78, 5) is 25.2. The number of imidazole rings is 1. The topological polar surface area (TPSA) is 80.9 Å². The lowest BCUT2D eigenvalue weighted by Gasteiger charge is -2.18. The highest BCUT2D eigenvalue weighted by molar-refractivity contribution is 6.09. The summed E-state index contributed by atoms with van der Waals surface area (Å²) in [6.45, 7) is 6.62. The van der Waals surface area contributed by atoms with E-state index in [1.54, 1.807) is 0 Å². The summed E-state index contributed by atoms with van der Waals surface area (Å²) in [5, 5.41) is 8.75. The van der Waals surface area contributed by atoms with Gasteiger partial charge in [0.05, 0.1) is 27.7 Å². The van der Waals surface area contributed by atoms with E-state index in [1.807, 2.05) is 45.8 Å². The molecule has 2 N–H and O–H groups in total. The maximum atomic E-state index is 12.9. The SMILES string of the molecule is CCN1C(=O)C(C)(C)c2cc3[nH]c(-c4n[nH]c5ccc(-c6ccc(N(C)C)cc6)cc45)nc3cc21. The van der Waals surface area contributed by atoms with E-state index in [-0.39, 0.29) is 5.91 Å². The first-order valence-corrected chi connectivity index (χ1v) is 11.9. The molecule has 35 heavy (non-hydrogen) atoms. The van der Waals surface area contributed by atoms with Crippen LogP contribution in [0.4, 0.5) is 11.4 Å². The Labute approximate surface area is 203 Å².